The first-order valence-electron chi connectivity index (χ1n) is 6.79. The van der Waals surface area contributed by atoms with Crippen molar-refractivity contribution in [1.29, 1.82) is 0 Å². The Balaban J connectivity index is 1.92. The summed E-state index contributed by atoms with van der Waals surface area (Å²) in [5, 5.41) is 13.0. The number of hydrogen-bond acceptors (Lipinski definition) is 4. The van der Waals surface area contributed by atoms with Crippen LogP contribution in [0.3, 0.4) is 0 Å². The van der Waals surface area contributed by atoms with Crippen molar-refractivity contribution in [2.75, 3.05) is 26.4 Å². The number of aliphatic hydroxyl groups excluding tert-OH is 1. The summed E-state index contributed by atoms with van der Waals surface area (Å²) in [6.45, 7) is 6.51. The van der Waals surface area contributed by atoms with Crippen molar-refractivity contribution in [3.8, 4) is 0 Å². The molecule has 0 amide bonds. The Bertz CT molecular complexity index is 182. The highest BCUT2D eigenvalue weighted by Crippen LogP contribution is 2.09. The van der Waals surface area contributed by atoms with Crippen LogP contribution in [0.15, 0.2) is 0 Å². The van der Waals surface area contributed by atoms with E-state index in [1.165, 1.54) is 19.3 Å². The fourth-order valence-corrected chi connectivity index (χ4v) is 1.97. The summed E-state index contributed by atoms with van der Waals surface area (Å²) in [6, 6.07) is 0.604. The molecule has 0 radical (unpaired) electrons. The molecule has 2 N–H and O–H groups in total. The monoisotopic (exact) mass is 245 g/mol. The molecule has 17 heavy (non-hydrogen) atoms. The van der Waals surface area contributed by atoms with E-state index >= 15 is 0 Å². The third-order valence-corrected chi connectivity index (χ3v) is 2.96. The molecule has 0 aromatic heterocycles. The van der Waals surface area contributed by atoms with Crippen LogP contribution < -0.4 is 5.32 Å². The lowest BCUT2D eigenvalue weighted by Gasteiger charge is -2.23. The molecule has 2 unspecified atom stereocenters. The molecule has 2 atom stereocenters. The number of hydrogen-bond donors (Lipinski definition) is 2. The van der Waals surface area contributed by atoms with Gasteiger partial charge < -0.3 is 19.9 Å². The second kappa shape index (κ2) is 8.86. The van der Waals surface area contributed by atoms with Crippen LogP contribution in [0.1, 0.15) is 39.5 Å². The molecule has 0 aliphatic carbocycles. The molecule has 0 aromatic rings. The molecule has 1 heterocycles. The predicted molar refractivity (Wildman–Crippen MR) is 68.2 cm³/mol. The molecule has 4 heteroatoms. The van der Waals surface area contributed by atoms with Crippen molar-refractivity contribution in [2.45, 2.75) is 57.8 Å². The Morgan fingerprint density at radius 1 is 1.29 bits per heavy atom. The van der Waals surface area contributed by atoms with Gasteiger partial charge >= 0.3 is 0 Å². The topological polar surface area (TPSA) is 50.7 Å². The van der Waals surface area contributed by atoms with Gasteiger partial charge in [-0.15, -0.1) is 0 Å². The number of piperidine rings is 1. The molecule has 1 saturated heterocycles. The predicted octanol–water partition coefficient (Wildman–Crippen LogP) is 1.32. The fourth-order valence-electron chi connectivity index (χ4n) is 1.97. The second-order valence-corrected chi connectivity index (χ2v) is 5.05. The molecule has 1 aliphatic heterocycles. The Labute approximate surface area is 105 Å². The third-order valence-electron chi connectivity index (χ3n) is 2.96. The molecule has 0 aromatic carbocycles. The van der Waals surface area contributed by atoms with Gasteiger partial charge in [0.15, 0.2) is 0 Å². The molecule has 1 rings (SSSR count). The summed E-state index contributed by atoms with van der Waals surface area (Å²) in [5.74, 6) is 0. The summed E-state index contributed by atoms with van der Waals surface area (Å²) in [7, 11) is 0. The van der Waals surface area contributed by atoms with Gasteiger partial charge in [0.1, 0.15) is 6.10 Å². The zero-order valence-corrected chi connectivity index (χ0v) is 11.2. The van der Waals surface area contributed by atoms with Crippen LogP contribution in [-0.4, -0.2) is 49.7 Å². The molecular formula is C13H27NO3. The van der Waals surface area contributed by atoms with E-state index in [1.807, 2.05) is 13.8 Å². The highest BCUT2D eigenvalue weighted by atomic mass is 16.5. The van der Waals surface area contributed by atoms with Crippen molar-refractivity contribution in [3.05, 3.63) is 0 Å². The van der Waals surface area contributed by atoms with E-state index in [2.05, 4.69) is 5.32 Å². The van der Waals surface area contributed by atoms with Crippen molar-refractivity contribution in [2.24, 2.45) is 0 Å². The lowest BCUT2D eigenvalue weighted by Crippen LogP contribution is -2.35. The van der Waals surface area contributed by atoms with Gasteiger partial charge in [-0.1, -0.05) is 6.42 Å². The largest absolute Gasteiger partial charge is 0.388 e. The van der Waals surface area contributed by atoms with Crippen LogP contribution in [0, 0.1) is 0 Å². The minimum atomic E-state index is -0.503. The number of nitrogens with one attached hydrogen (secondary N) is 1. The summed E-state index contributed by atoms with van der Waals surface area (Å²) >= 11 is 0. The maximum absolute atomic E-state index is 9.57. The number of aliphatic hydroxyl groups is 1. The highest BCUT2D eigenvalue weighted by Gasteiger charge is 2.12. The highest BCUT2D eigenvalue weighted by molar-refractivity contribution is 4.71. The van der Waals surface area contributed by atoms with Crippen LogP contribution in [0.25, 0.3) is 0 Å². The lowest BCUT2D eigenvalue weighted by atomic mass is 10.0. The van der Waals surface area contributed by atoms with E-state index in [1.54, 1.807) is 0 Å². The van der Waals surface area contributed by atoms with Crippen LogP contribution >= 0.6 is 0 Å². The van der Waals surface area contributed by atoms with E-state index in [4.69, 9.17) is 9.47 Å². The maximum Gasteiger partial charge on any atom is 0.101 e. The van der Waals surface area contributed by atoms with Crippen LogP contribution in [0.5, 0.6) is 0 Å². The van der Waals surface area contributed by atoms with Crippen molar-refractivity contribution in [1.82, 2.24) is 5.32 Å². The van der Waals surface area contributed by atoms with Crippen LogP contribution in [0.2, 0.25) is 0 Å². The molecule has 1 fully saturated rings. The van der Waals surface area contributed by atoms with Gasteiger partial charge in [0.25, 0.3) is 0 Å². The van der Waals surface area contributed by atoms with Gasteiger partial charge in [-0.2, -0.15) is 0 Å². The molecule has 0 bridgehead atoms. The zero-order chi connectivity index (χ0) is 12.5. The Morgan fingerprint density at radius 2 is 2.12 bits per heavy atom. The first-order valence-corrected chi connectivity index (χ1v) is 6.79. The van der Waals surface area contributed by atoms with E-state index < -0.39 is 6.10 Å². The van der Waals surface area contributed by atoms with Crippen molar-refractivity contribution < 1.29 is 14.6 Å². The zero-order valence-electron chi connectivity index (χ0n) is 11.2. The van der Waals surface area contributed by atoms with Crippen molar-refractivity contribution >= 4 is 0 Å². The van der Waals surface area contributed by atoms with Gasteiger partial charge in [-0.25, -0.2) is 0 Å². The Hall–Kier alpha value is -0.160. The number of rotatable bonds is 8. The van der Waals surface area contributed by atoms with Gasteiger partial charge in [0.05, 0.1) is 19.3 Å². The van der Waals surface area contributed by atoms with E-state index in [9.17, 15) is 5.11 Å². The van der Waals surface area contributed by atoms with Gasteiger partial charge in [0, 0.05) is 12.6 Å². The smallest absolute Gasteiger partial charge is 0.101 e. The summed E-state index contributed by atoms with van der Waals surface area (Å²) < 4.78 is 10.8. The molecule has 0 saturated carbocycles. The first-order chi connectivity index (χ1) is 8.18. The van der Waals surface area contributed by atoms with Gasteiger partial charge in [-0.05, 0) is 39.7 Å². The van der Waals surface area contributed by atoms with Gasteiger partial charge in [0.2, 0.25) is 0 Å². The lowest BCUT2D eigenvalue weighted by molar-refractivity contribution is -0.0367. The van der Waals surface area contributed by atoms with Gasteiger partial charge in [-0.3, -0.25) is 0 Å². The molecule has 102 valence electrons. The fraction of sp³-hybridized carbons (Fsp3) is 1.00. The Kier molecular flexibility index (Phi) is 7.77. The van der Waals surface area contributed by atoms with E-state index in [0.717, 1.165) is 19.6 Å². The Morgan fingerprint density at radius 3 is 2.76 bits per heavy atom. The van der Waals surface area contributed by atoms with E-state index in [0.29, 0.717) is 19.3 Å². The molecule has 1 aliphatic rings. The molecule has 0 spiro atoms. The minimum Gasteiger partial charge on any atom is -0.388 e. The normalized spacial score (nSPS) is 22.9. The quantitative estimate of drug-likeness (QED) is 0.633. The average Bonchev–Trinajstić information content (AvgIpc) is 2.33. The first kappa shape index (κ1) is 14.9. The maximum atomic E-state index is 9.57. The standard InChI is InChI=1S/C13H27NO3/c1-11(2)17-10-13(15)9-16-8-6-12-5-3-4-7-14-12/h11-15H,3-10H2,1-2H3. The van der Waals surface area contributed by atoms with Crippen LogP contribution in [0.4, 0.5) is 0 Å². The van der Waals surface area contributed by atoms with Crippen LogP contribution in [-0.2, 0) is 9.47 Å². The summed E-state index contributed by atoms with van der Waals surface area (Å²) in [6.07, 6.45) is 4.57. The summed E-state index contributed by atoms with van der Waals surface area (Å²) in [5.41, 5.74) is 0. The SMILES string of the molecule is CC(C)OCC(O)COCCC1CCCCN1. The molecular weight excluding hydrogens is 218 g/mol. The second-order valence-electron chi connectivity index (χ2n) is 5.05. The number of ether oxygens (including phenoxy) is 2. The average molecular weight is 245 g/mol. The third kappa shape index (κ3) is 7.71. The summed E-state index contributed by atoms with van der Waals surface area (Å²) in [4.78, 5) is 0. The van der Waals surface area contributed by atoms with Crippen molar-refractivity contribution in [3.63, 3.8) is 0 Å². The molecule has 4 nitrogen and oxygen atoms in total. The van der Waals surface area contributed by atoms with E-state index in [-0.39, 0.29) is 6.10 Å². The minimum absolute atomic E-state index is 0.163.